The highest BCUT2D eigenvalue weighted by atomic mass is 19.2. The van der Waals surface area contributed by atoms with Crippen molar-refractivity contribution in [2.45, 2.75) is 78.9 Å². The van der Waals surface area contributed by atoms with E-state index in [0.29, 0.717) is 12.8 Å². The second kappa shape index (κ2) is 13.2. The van der Waals surface area contributed by atoms with Crippen LogP contribution in [0.1, 0.15) is 67.2 Å². The Hall–Kier alpha value is -1.99. The average Bonchev–Trinajstić information content (AvgIpc) is 2.49. The number of alkyl carbamates (subject to hydrolysis) is 1. The van der Waals surface area contributed by atoms with Crippen molar-refractivity contribution in [2.75, 3.05) is 0 Å². The molecule has 0 heterocycles. The van der Waals surface area contributed by atoms with Crippen molar-refractivity contribution in [2.24, 2.45) is 5.92 Å². The Morgan fingerprint density at radius 3 is 2.00 bits per heavy atom. The summed E-state index contributed by atoms with van der Waals surface area (Å²) in [7, 11) is 0. The number of hydrogen-bond donors (Lipinski definition) is 2. The van der Waals surface area contributed by atoms with E-state index in [1.165, 1.54) is 0 Å². The Bertz CT molecular complexity index is 524. The van der Waals surface area contributed by atoms with E-state index in [1.54, 1.807) is 34.6 Å². The topological polar surface area (TPSA) is 75.6 Å². The van der Waals surface area contributed by atoms with Gasteiger partial charge in [-0.05, 0) is 47.0 Å². The Morgan fingerprint density at radius 2 is 1.70 bits per heavy atom. The first-order valence-electron chi connectivity index (χ1n) is 8.75. The molecule has 0 fully saturated rings. The Labute approximate surface area is 159 Å². The van der Waals surface area contributed by atoms with Gasteiger partial charge in [0.1, 0.15) is 17.3 Å². The van der Waals surface area contributed by atoms with Gasteiger partial charge in [0.2, 0.25) is 0 Å². The lowest BCUT2D eigenvalue weighted by Crippen LogP contribution is -2.40. The van der Waals surface area contributed by atoms with Crippen LogP contribution in [-0.4, -0.2) is 28.8 Å². The van der Waals surface area contributed by atoms with Crippen molar-refractivity contribution in [3.63, 3.8) is 0 Å². The summed E-state index contributed by atoms with van der Waals surface area (Å²) < 4.78 is 41.3. The highest BCUT2D eigenvalue weighted by Gasteiger charge is 2.22. The minimum Gasteiger partial charge on any atom is -0.481 e. The fourth-order valence-electron chi connectivity index (χ4n) is 1.76. The zero-order valence-corrected chi connectivity index (χ0v) is 17.0. The van der Waals surface area contributed by atoms with Crippen molar-refractivity contribution in [3.8, 4) is 0 Å². The molecule has 0 aliphatic carbocycles. The lowest BCUT2D eigenvalue weighted by atomic mass is 9.99. The van der Waals surface area contributed by atoms with E-state index < -0.39 is 41.2 Å². The second-order valence-electron chi connectivity index (χ2n) is 7.16. The van der Waals surface area contributed by atoms with Crippen LogP contribution >= 0.6 is 0 Å². The van der Waals surface area contributed by atoms with Crippen LogP contribution < -0.4 is 5.32 Å². The summed E-state index contributed by atoms with van der Waals surface area (Å²) in [5, 5.41) is 11.3. The van der Waals surface area contributed by atoms with Crippen molar-refractivity contribution < 1.29 is 32.6 Å². The Kier molecular flexibility index (Phi) is 13.3. The fourth-order valence-corrected chi connectivity index (χ4v) is 1.76. The third kappa shape index (κ3) is 17.2. The molecule has 0 aromatic carbocycles. The van der Waals surface area contributed by atoms with Gasteiger partial charge >= 0.3 is 12.1 Å². The Morgan fingerprint density at radius 1 is 1.19 bits per heavy atom. The molecule has 27 heavy (non-hydrogen) atoms. The van der Waals surface area contributed by atoms with Gasteiger partial charge in [-0.25, -0.2) is 18.0 Å². The van der Waals surface area contributed by atoms with Crippen LogP contribution in [0.3, 0.4) is 0 Å². The van der Waals surface area contributed by atoms with Gasteiger partial charge in [-0.3, -0.25) is 4.79 Å². The molecule has 1 amide bonds. The second-order valence-corrected chi connectivity index (χ2v) is 7.16. The van der Waals surface area contributed by atoms with Gasteiger partial charge in [-0.2, -0.15) is 0 Å². The number of rotatable bonds is 8. The molecule has 0 radical (unpaired) electrons. The average molecular weight is 395 g/mol. The number of carbonyl (C=O) groups excluding carboxylic acids is 1. The van der Waals surface area contributed by atoms with Crippen molar-refractivity contribution in [3.05, 3.63) is 24.1 Å². The van der Waals surface area contributed by atoms with Crippen LogP contribution in [-0.2, 0) is 9.53 Å². The van der Waals surface area contributed by atoms with Crippen LogP contribution in [0.4, 0.5) is 18.0 Å². The number of amides is 1. The summed E-state index contributed by atoms with van der Waals surface area (Å²) >= 11 is 0. The highest BCUT2D eigenvalue weighted by Crippen LogP contribution is 2.18. The van der Waals surface area contributed by atoms with E-state index in [9.17, 15) is 22.8 Å². The number of halogens is 3. The maximum absolute atomic E-state index is 12.9. The van der Waals surface area contributed by atoms with E-state index in [1.807, 2.05) is 0 Å². The first kappa shape index (κ1) is 27.2. The zero-order chi connectivity index (χ0) is 21.8. The number of allylic oxidation sites excluding steroid dienone is 3. The molecular formula is C19H32F3NO4. The fraction of sp³-hybridized carbons (Fsp3) is 0.684. The maximum Gasteiger partial charge on any atom is 0.407 e. The minimum atomic E-state index is -1.03. The van der Waals surface area contributed by atoms with E-state index in [0.717, 1.165) is 6.92 Å². The lowest BCUT2D eigenvalue weighted by molar-refractivity contribution is -0.137. The predicted molar refractivity (Wildman–Crippen MR) is 99.3 cm³/mol. The smallest absolute Gasteiger partial charge is 0.407 e. The van der Waals surface area contributed by atoms with Gasteiger partial charge in [0.05, 0.1) is 12.2 Å². The van der Waals surface area contributed by atoms with Crippen LogP contribution in [0.15, 0.2) is 24.1 Å². The maximum atomic E-state index is 12.9. The quantitative estimate of drug-likeness (QED) is 0.543. The molecule has 0 aliphatic rings. The van der Waals surface area contributed by atoms with Crippen LogP contribution in [0.2, 0.25) is 0 Å². The van der Waals surface area contributed by atoms with Gasteiger partial charge in [0, 0.05) is 12.0 Å². The third-order valence-corrected chi connectivity index (χ3v) is 3.31. The third-order valence-electron chi connectivity index (χ3n) is 3.31. The molecule has 2 N–H and O–H groups in total. The molecule has 5 nitrogen and oxygen atoms in total. The standard InChI is InChI=1S/C14H24FNO4.C5H8F2/c1-9(10(2)15)6-7-11(8-12(17)18)16-13(19)20-14(3,4)5;1-3-5(7)4(2)6/h9,11H,2,6-8H2,1,3-5H3,(H,16,19)(H,17,18);3H2,1-2H3/b;5-4-/t9?,11-;/m1./s1. The SMILES string of the molecule is C=C(F)C(C)CC[C@H](CC(=O)O)NC(=O)OC(C)(C)C.CC/C(F)=C(\C)F. The van der Waals surface area contributed by atoms with Gasteiger partial charge in [-0.15, -0.1) is 0 Å². The van der Waals surface area contributed by atoms with Gasteiger partial charge < -0.3 is 15.2 Å². The lowest BCUT2D eigenvalue weighted by Gasteiger charge is -2.23. The van der Waals surface area contributed by atoms with Crippen LogP contribution in [0, 0.1) is 5.92 Å². The van der Waals surface area contributed by atoms with Crippen molar-refractivity contribution in [1.82, 2.24) is 5.32 Å². The highest BCUT2D eigenvalue weighted by molar-refractivity contribution is 5.71. The van der Waals surface area contributed by atoms with Gasteiger partial charge in [-0.1, -0.05) is 20.4 Å². The molecule has 0 bridgehead atoms. The summed E-state index contributed by atoms with van der Waals surface area (Å²) in [5.41, 5.74) is -0.654. The molecule has 1 unspecified atom stereocenters. The summed E-state index contributed by atoms with van der Waals surface area (Å²) in [4.78, 5) is 22.4. The number of aliphatic carboxylic acids is 1. The molecule has 2 atom stereocenters. The monoisotopic (exact) mass is 395 g/mol. The summed E-state index contributed by atoms with van der Waals surface area (Å²) in [6, 6.07) is -0.593. The van der Waals surface area contributed by atoms with E-state index in [-0.39, 0.29) is 18.8 Å². The molecule has 0 saturated carbocycles. The van der Waals surface area contributed by atoms with Gasteiger partial charge in [0.15, 0.2) is 0 Å². The molecule has 0 aromatic heterocycles. The number of carboxylic acid groups (broad SMARTS) is 1. The number of nitrogens with one attached hydrogen (secondary N) is 1. The number of carbonyl (C=O) groups is 2. The van der Waals surface area contributed by atoms with Crippen LogP contribution in [0.25, 0.3) is 0 Å². The van der Waals surface area contributed by atoms with Gasteiger partial charge in [0.25, 0.3) is 0 Å². The largest absolute Gasteiger partial charge is 0.481 e. The molecule has 0 rings (SSSR count). The summed E-state index contributed by atoms with van der Waals surface area (Å²) in [5.74, 6) is -3.21. The van der Waals surface area contributed by atoms with Crippen molar-refractivity contribution in [1.29, 1.82) is 0 Å². The van der Waals surface area contributed by atoms with E-state index in [4.69, 9.17) is 9.84 Å². The van der Waals surface area contributed by atoms with E-state index >= 15 is 0 Å². The molecule has 0 aromatic rings. The van der Waals surface area contributed by atoms with E-state index in [2.05, 4.69) is 11.9 Å². The zero-order valence-electron chi connectivity index (χ0n) is 17.0. The molecule has 0 saturated heterocycles. The molecule has 0 aliphatic heterocycles. The number of carboxylic acids is 1. The molecular weight excluding hydrogens is 363 g/mol. The predicted octanol–water partition coefficient (Wildman–Crippen LogP) is 5.82. The molecule has 158 valence electrons. The first-order valence-corrected chi connectivity index (χ1v) is 8.75. The normalized spacial score (nSPS) is 14.1. The number of hydrogen-bond acceptors (Lipinski definition) is 3. The summed E-state index contributed by atoms with van der Waals surface area (Å²) in [6.45, 7) is 12.7. The number of ether oxygens (including phenoxy) is 1. The molecule has 0 spiro atoms. The Balaban J connectivity index is 0. The van der Waals surface area contributed by atoms with Crippen LogP contribution in [0.5, 0.6) is 0 Å². The first-order chi connectivity index (χ1) is 12.2. The minimum absolute atomic E-state index is 0.155. The van der Waals surface area contributed by atoms with Crippen molar-refractivity contribution >= 4 is 12.1 Å². The molecule has 8 heteroatoms. The summed E-state index contributed by atoms with van der Waals surface area (Å²) in [6.07, 6.45) is 0.00155.